The van der Waals surface area contributed by atoms with Crippen LogP contribution in [0.1, 0.15) is 12.5 Å². The number of hydrogen-bond donors (Lipinski definition) is 1. The summed E-state index contributed by atoms with van der Waals surface area (Å²) in [5.41, 5.74) is 0.961. The first-order valence-corrected chi connectivity index (χ1v) is 4.68. The van der Waals surface area contributed by atoms with Crippen molar-refractivity contribution in [3.05, 3.63) is 35.9 Å². The third kappa shape index (κ3) is 3.36. The third-order valence-electron chi connectivity index (χ3n) is 1.74. The molecule has 0 saturated heterocycles. The van der Waals surface area contributed by atoms with E-state index in [4.69, 9.17) is 16.5 Å². The molecule has 0 aliphatic rings. The first-order valence-electron chi connectivity index (χ1n) is 4.30. The highest BCUT2D eigenvalue weighted by Crippen LogP contribution is 2.01. The van der Waals surface area contributed by atoms with Crippen LogP contribution in [0.15, 0.2) is 30.3 Å². The fourth-order valence-electron chi connectivity index (χ4n) is 0.898. The Kier molecular flexibility index (Phi) is 4.43. The molecule has 0 aliphatic carbocycles. The summed E-state index contributed by atoms with van der Waals surface area (Å²) in [5, 5.41) is 0. The summed E-state index contributed by atoms with van der Waals surface area (Å²) >= 11 is 5.28. The lowest BCUT2D eigenvalue weighted by molar-refractivity contribution is -0.146. The number of rotatable bonds is 4. The van der Waals surface area contributed by atoms with Crippen LogP contribution in [-0.4, -0.2) is 12.0 Å². The van der Waals surface area contributed by atoms with Gasteiger partial charge >= 0.3 is 5.97 Å². The van der Waals surface area contributed by atoms with Gasteiger partial charge in [-0.3, -0.25) is 4.79 Å². The van der Waals surface area contributed by atoms with Crippen LogP contribution < -0.4 is 4.84 Å². The maximum Gasteiger partial charge on any atom is 0.324 e. The average Bonchev–Trinajstić information content (AvgIpc) is 2.26. The van der Waals surface area contributed by atoms with Gasteiger partial charge in [0.25, 0.3) is 0 Å². The summed E-state index contributed by atoms with van der Waals surface area (Å²) in [4.78, 5) is 13.5. The van der Waals surface area contributed by atoms with Crippen molar-refractivity contribution in [2.24, 2.45) is 0 Å². The number of ether oxygens (including phenoxy) is 1. The SMILES string of the molecule is C[C@H](NCl)C(=O)OCc1ccccc1. The molecule has 1 aromatic carbocycles. The highest BCUT2D eigenvalue weighted by atomic mass is 35.5. The zero-order chi connectivity index (χ0) is 10.4. The zero-order valence-corrected chi connectivity index (χ0v) is 8.62. The minimum atomic E-state index is -0.486. The maximum absolute atomic E-state index is 11.2. The predicted molar refractivity (Wildman–Crippen MR) is 54.7 cm³/mol. The van der Waals surface area contributed by atoms with E-state index in [1.54, 1.807) is 6.92 Å². The van der Waals surface area contributed by atoms with Gasteiger partial charge in [-0.05, 0) is 24.3 Å². The molecule has 0 spiro atoms. The molecule has 1 aromatic rings. The van der Waals surface area contributed by atoms with Gasteiger partial charge in [0.15, 0.2) is 0 Å². The molecule has 0 amide bonds. The molecule has 0 heterocycles. The van der Waals surface area contributed by atoms with E-state index in [2.05, 4.69) is 4.84 Å². The normalized spacial score (nSPS) is 12.1. The lowest BCUT2D eigenvalue weighted by atomic mass is 10.2. The molecule has 0 aliphatic heterocycles. The Labute approximate surface area is 88.1 Å². The molecule has 76 valence electrons. The van der Waals surface area contributed by atoms with Gasteiger partial charge in [-0.15, -0.1) is 0 Å². The van der Waals surface area contributed by atoms with E-state index < -0.39 is 6.04 Å². The van der Waals surface area contributed by atoms with Crippen LogP contribution >= 0.6 is 11.8 Å². The minimum absolute atomic E-state index is 0.280. The van der Waals surface area contributed by atoms with E-state index in [0.717, 1.165) is 5.56 Å². The van der Waals surface area contributed by atoms with Crippen LogP contribution in [0.2, 0.25) is 0 Å². The molecule has 0 unspecified atom stereocenters. The number of halogens is 1. The van der Waals surface area contributed by atoms with Gasteiger partial charge < -0.3 is 4.74 Å². The smallest absolute Gasteiger partial charge is 0.324 e. The summed E-state index contributed by atoms with van der Waals surface area (Å²) in [6.45, 7) is 1.92. The van der Waals surface area contributed by atoms with Crippen LogP contribution in [0.25, 0.3) is 0 Å². The van der Waals surface area contributed by atoms with E-state index in [9.17, 15) is 4.79 Å². The summed E-state index contributed by atoms with van der Waals surface area (Å²) in [5.74, 6) is -0.358. The van der Waals surface area contributed by atoms with E-state index in [-0.39, 0.29) is 12.6 Å². The molecule has 1 rings (SSSR count). The van der Waals surface area contributed by atoms with E-state index in [1.807, 2.05) is 30.3 Å². The van der Waals surface area contributed by atoms with E-state index in [0.29, 0.717) is 0 Å². The van der Waals surface area contributed by atoms with Crippen molar-refractivity contribution < 1.29 is 9.53 Å². The first kappa shape index (κ1) is 11.0. The van der Waals surface area contributed by atoms with Crippen molar-refractivity contribution in [3.63, 3.8) is 0 Å². The Morgan fingerprint density at radius 3 is 2.71 bits per heavy atom. The van der Waals surface area contributed by atoms with Crippen LogP contribution in [0.3, 0.4) is 0 Å². The second-order valence-corrected chi connectivity index (χ2v) is 3.14. The number of nitrogens with one attached hydrogen (secondary N) is 1. The van der Waals surface area contributed by atoms with E-state index in [1.165, 1.54) is 0 Å². The molecule has 4 heteroatoms. The molecule has 0 fully saturated rings. The molecule has 0 saturated carbocycles. The van der Waals surface area contributed by atoms with Crippen molar-refractivity contribution in [1.82, 2.24) is 4.84 Å². The number of esters is 1. The number of carbonyl (C=O) groups excluding carboxylic acids is 1. The highest BCUT2D eigenvalue weighted by molar-refractivity contribution is 6.14. The number of carbonyl (C=O) groups is 1. The second kappa shape index (κ2) is 5.62. The summed E-state index contributed by atoms with van der Waals surface area (Å²) in [6.07, 6.45) is 0. The van der Waals surface area contributed by atoms with Crippen molar-refractivity contribution in [3.8, 4) is 0 Å². The van der Waals surface area contributed by atoms with Crippen molar-refractivity contribution in [1.29, 1.82) is 0 Å². The number of benzene rings is 1. The molecule has 0 bridgehead atoms. The lowest BCUT2D eigenvalue weighted by Gasteiger charge is -2.08. The van der Waals surface area contributed by atoms with Crippen LogP contribution in [0.4, 0.5) is 0 Å². The molecule has 14 heavy (non-hydrogen) atoms. The van der Waals surface area contributed by atoms with Crippen LogP contribution in [-0.2, 0) is 16.1 Å². The topological polar surface area (TPSA) is 38.3 Å². The Bertz CT molecular complexity index is 289. The third-order valence-corrected chi connectivity index (χ3v) is 2.07. The van der Waals surface area contributed by atoms with Crippen molar-refractivity contribution >= 4 is 17.7 Å². The molecular formula is C10H12ClNO2. The van der Waals surface area contributed by atoms with Crippen molar-refractivity contribution in [2.45, 2.75) is 19.6 Å². The monoisotopic (exact) mass is 213 g/mol. The van der Waals surface area contributed by atoms with Gasteiger partial charge in [0.1, 0.15) is 12.6 Å². The largest absolute Gasteiger partial charge is 0.460 e. The molecule has 1 N–H and O–H groups in total. The Morgan fingerprint density at radius 2 is 2.14 bits per heavy atom. The Morgan fingerprint density at radius 1 is 1.50 bits per heavy atom. The molecular weight excluding hydrogens is 202 g/mol. The standard InChI is InChI=1S/C10H12ClNO2/c1-8(12-11)10(13)14-7-9-5-3-2-4-6-9/h2-6,8,12H,7H2,1H3/t8-/m0/s1. The average molecular weight is 214 g/mol. The Balaban J connectivity index is 2.38. The fourth-order valence-corrected chi connectivity index (χ4v) is 0.987. The Hall–Kier alpha value is -1.06. The fraction of sp³-hybridized carbons (Fsp3) is 0.300. The number of hydrogen-bond acceptors (Lipinski definition) is 3. The summed E-state index contributed by atoms with van der Waals surface area (Å²) < 4.78 is 4.99. The van der Waals surface area contributed by atoms with Gasteiger partial charge in [-0.2, -0.15) is 0 Å². The minimum Gasteiger partial charge on any atom is -0.460 e. The predicted octanol–water partition coefficient (Wildman–Crippen LogP) is 1.86. The molecule has 1 atom stereocenters. The van der Waals surface area contributed by atoms with Crippen LogP contribution in [0, 0.1) is 0 Å². The highest BCUT2D eigenvalue weighted by Gasteiger charge is 2.12. The van der Waals surface area contributed by atoms with Gasteiger partial charge in [0.05, 0.1) is 0 Å². The quantitative estimate of drug-likeness (QED) is 0.613. The van der Waals surface area contributed by atoms with Gasteiger partial charge in [-0.1, -0.05) is 30.3 Å². The van der Waals surface area contributed by atoms with Gasteiger partial charge in [-0.25, -0.2) is 4.84 Å². The zero-order valence-electron chi connectivity index (χ0n) is 7.87. The maximum atomic E-state index is 11.2. The summed E-state index contributed by atoms with van der Waals surface area (Å²) in [7, 11) is 0. The van der Waals surface area contributed by atoms with E-state index >= 15 is 0 Å². The van der Waals surface area contributed by atoms with Gasteiger partial charge in [0, 0.05) is 0 Å². The van der Waals surface area contributed by atoms with Crippen LogP contribution in [0.5, 0.6) is 0 Å². The van der Waals surface area contributed by atoms with Gasteiger partial charge in [0.2, 0.25) is 0 Å². The molecule has 3 nitrogen and oxygen atoms in total. The summed E-state index contributed by atoms with van der Waals surface area (Å²) in [6, 6.07) is 9.01. The first-order chi connectivity index (χ1) is 6.74. The lowest BCUT2D eigenvalue weighted by Crippen LogP contribution is -2.29. The molecule has 0 aromatic heterocycles. The second-order valence-electron chi connectivity index (χ2n) is 2.92. The molecule has 0 radical (unpaired) electrons. The van der Waals surface area contributed by atoms with Crippen molar-refractivity contribution in [2.75, 3.05) is 0 Å².